The van der Waals surface area contributed by atoms with Gasteiger partial charge in [-0.15, -0.1) is 0 Å². The number of aryl methyl sites for hydroxylation is 1. The molecule has 0 aromatic heterocycles. The first-order valence-corrected chi connectivity index (χ1v) is 6.89. The molecule has 1 aromatic rings. The molecule has 0 saturated carbocycles. The molecule has 98 valence electrons. The molecule has 18 heavy (non-hydrogen) atoms. The zero-order chi connectivity index (χ0) is 12.7. The average molecular weight is 268 g/mol. The minimum Gasteiger partial charge on any atom is -0.490 e. The Kier molecular flexibility index (Phi) is 3.22. The summed E-state index contributed by atoms with van der Waals surface area (Å²) in [6, 6.07) is 3.89. The smallest absolute Gasteiger partial charge is 0.127 e. The van der Waals surface area contributed by atoms with Gasteiger partial charge in [0.25, 0.3) is 0 Å². The summed E-state index contributed by atoms with van der Waals surface area (Å²) >= 11 is 6.15. The summed E-state index contributed by atoms with van der Waals surface area (Å²) in [4.78, 5) is 2.35. The van der Waals surface area contributed by atoms with E-state index in [-0.39, 0.29) is 6.04 Å². The molecular formula is C14H18ClNO2. The van der Waals surface area contributed by atoms with Crippen LogP contribution in [0.3, 0.4) is 0 Å². The zero-order valence-electron chi connectivity index (χ0n) is 10.5. The Labute approximate surface area is 112 Å². The molecule has 0 aliphatic carbocycles. The van der Waals surface area contributed by atoms with Gasteiger partial charge in [0.1, 0.15) is 18.5 Å². The van der Waals surface area contributed by atoms with E-state index < -0.39 is 6.10 Å². The number of benzene rings is 1. The summed E-state index contributed by atoms with van der Waals surface area (Å²) < 4.78 is 5.68. The van der Waals surface area contributed by atoms with Crippen LogP contribution in [0, 0.1) is 6.92 Å². The van der Waals surface area contributed by atoms with Crippen molar-refractivity contribution < 1.29 is 9.84 Å². The Hall–Kier alpha value is -0.770. The summed E-state index contributed by atoms with van der Waals surface area (Å²) in [7, 11) is 0. The van der Waals surface area contributed by atoms with Crippen LogP contribution in [0.2, 0.25) is 5.02 Å². The number of halogens is 1. The molecule has 3 nitrogen and oxygen atoms in total. The highest BCUT2D eigenvalue weighted by Crippen LogP contribution is 2.41. The van der Waals surface area contributed by atoms with E-state index in [0.717, 1.165) is 30.0 Å². The maximum Gasteiger partial charge on any atom is 0.127 e. The van der Waals surface area contributed by atoms with Crippen LogP contribution in [0.4, 0.5) is 0 Å². The first-order valence-electron chi connectivity index (χ1n) is 6.52. The Bertz CT molecular complexity index is 457. The lowest BCUT2D eigenvalue weighted by atomic mass is 9.95. The second-order valence-electron chi connectivity index (χ2n) is 5.21. The molecule has 2 unspecified atom stereocenters. The van der Waals surface area contributed by atoms with Crippen molar-refractivity contribution in [3.63, 3.8) is 0 Å². The summed E-state index contributed by atoms with van der Waals surface area (Å²) in [6.45, 7) is 4.47. The van der Waals surface area contributed by atoms with Crippen LogP contribution in [0.5, 0.6) is 5.75 Å². The monoisotopic (exact) mass is 267 g/mol. The molecule has 1 fully saturated rings. The van der Waals surface area contributed by atoms with Crippen LogP contribution < -0.4 is 4.74 Å². The molecule has 0 spiro atoms. The van der Waals surface area contributed by atoms with Crippen LogP contribution >= 0.6 is 11.6 Å². The molecular weight excluding hydrogens is 250 g/mol. The first-order chi connectivity index (χ1) is 8.66. The summed E-state index contributed by atoms with van der Waals surface area (Å²) in [6.07, 6.45) is 1.95. The maximum atomic E-state index is 10.2. The fourth-order valence-corrected chi connectivity index (χ4v) is 3.38. The van der Waals surface area contributed by atoms with E-state index in [9.17, 15) is 5.11 Å². The molecule has 1 N–H and O–H groups in total. The van der Waals surface area contributed by atoms with Gasteiger partial charge in [-0.2, -0.15) is 0 Å². The Balaban J connectivity index is 2.04. The van der Waals surface area contributed by atoms with Crippen LogP contribution in [-0.2, 0) is 0 Å². The normalized spacial score (nSPS) is 27.9. The van der Waals surface area contributed by atoms with Gasteiger partial charge in [-0.25, -0.2) is 0 Å². The quantitative estimate of drug-likeness (QED) is 0.849. The lowest BCUT2D eigenvalue weighted by Gasteiger charge is -2.37. The second-order valence-corrected chi connectivity index (χ2v) is 5.64. The fourth-order valence-electron chi connectivity index (χ4n) is 3.10. The molecule has 2 aliphatic rings. The molecule has 0 radical (unpaired) electrons. The number of nitrogens with zero attached hydrogens (tertiary/aromatic N) is 1. The highest BCUT2D eigenvalue weighted by atomic mass is 35.5. The molecule has 0 amide bonds. The third kappa shape index (κ3) is 2.00. The summed E-state index contributed by atoms with van der Waals surface area (Å²) in [5.41, 5.74) is 2.09. The van der Waals surface area contributed by atoms with Gasteiger partial charge in [0, 0.05) is 10.6 Å². The molecule has 2 atom stereocenters. The van der Waals surface area contributed by atoms with E-state index >= 15 is 0 Å². The lowest BCUT2D eigenvalue weighted by molar-refractivity contribution is 0.00847. The zero-order valence-corrected chi connectivity index (χ0v) is 11.3. The van der Waals surface area contributed by atoms with Crippen molar-refractivity contribution in [2.75, 3.05) is 19.7 Å². The Morgan fingerprint density at radius 3 is 2.78 bits per heavy atom. The van der Waals surface area contributed by atoms with Gasteiger partial charge in [0.05, 0.1) is 6.04 Å². The number of fused-ring (bicyclic) bond motifs is 1. The van der Waals surface area contributed by atoms with E-state index in [4.69, 9.17) is 16.3 Å². The van der Waals surface area contributed by atoms with Gasteiger partial charge in [-0.05, 0) is 50.6 Å². The number of aliphatic hydroxyl groups excluding tert-OH is 1. The Morgan fingerprint density at radius 2 is 2.06 bits per heavy atom. The van der Waals surface area contributed by atoms with Crippen molar-refractivity contribution in [2.24, 2.45) is 0 Å². The van der Waals surface area contributed by atoms with Crippen LogP contribution in [0.1, 0.15) is 30.0 Å². The molecule has 3 rings (SSSR count). The van der Waals surface area contributed by atoms with E-state index in [1.807, 2.05) is 19.1 Å². The number of aliphatic hydroxyl groups is 1. The largest absolute Gasteiger partial charge is 0.490 e. The van der Waals surface area contributed by atoms with Crippen LogP contribution in [-0.4, -0.2) is 35.8 Å². The predicted molar refractivity (Wildman–Crippen MR) is 71.2 cm³/mol. The minimum absolute atomic E-state index is 0.0358. The van der Waals surface area contributed by atoms with E-state index in [1.165, 1.54) is 12.8 Å². The average Bonchev–Trinajstić information content (AvgIpc) is 2.81. The fraction of sp³-hybridized carbons (Fsp3) is 0.571. The number of rotatable bonds is 1. The molecule has 1 saturated heterocycles. The molecule has 4 heteroatoms. The summed E-state index contributed by atoms with van der Waals surface area (Å²) in [5.74, 6) is 0.904. The highest BCUT2D eigenvalue weighted by Gasteiger charge is 2.36. The number of hydrogen-bond donors (Lipinski definition) is 1. The van der Waals surface area contributed by atoms with Crippen LogP contribution in [0.25, 0.3) is 0 Å². The summed E-state index contributed by atoms with van der Waals surface area (Å²) in [5, 5.41) is 11.0. The van der Waals surface area contributed by atoms with Gasteiger partial charge in [0.15, 0.2) is 0 Å². The SMILES string of the molecule is Cc1cc(Cl)cc2c1OCC(O)C2N1CCCC1. The minimum atomic E-state index is -0.464. The van der Waals surface area contributed by atoms with E-state index in [1.54, 1.807) is 0 Å². The molecule has 2 aliphatic heterocycles. The van der Waals surface area contributed by atoms with Gasteiger partial charge in [-0.1, -0.05) is 11.6 Å². The van der Waals surface area contributed by atoms with Gasteiger partial charge >= 0.3 is 0 Å². The molecule has 2 heterocycles. The topological polar surface area (TPSA) is 32.7 Å². The Morgan fingerprint density at radius 1 is 1.33 bits per heavy atom. The van der Waals surface area contributed by atoms with Gasteiger partial charge < -0.3 is 9.84 Å². The van der Waals surface area contributed by atoms with Crippen molar-refractivity contribution in [1.82, 2.24) is 4.90 Å². The van der Waals surface area contributed by atoms with Crippen LogP contribution in [0.15, 0.2) is 12.1 Å². The predicted octanol–water partition coefficient (Wildman–Crippen LogP) is 2.54. The number of ether oxygens (including phenoxy) is 1. The van der Waals surface area contributed by atoms with Crippen molar-refractivity contribution in [2.45, 2.75) is 31.9 Å². The van der Waals surface area contributed by atoms with Crippen molar-refractivity contribution >= 4 is 11.6 Å². The van der Waals surface area contributed by atoms with E-state index in [2.05, 4.69) is 4.90 Å². The second kappa shape index (κ2) is 4.72. The first kappa shape index (κ1) is 12.3. The standard InChI is InChI=1S/C14H18ClNO2/c1-9-6-10(15)7-11-13(16-4-2-3-5-16)12(17)8-18-14(9)11/h6-7,12-13,17H,2-5,8H2,1H3. The number of likely N-dealkylation sites (tertiary alicyclic amines) is 1. The lowest BCUT2D eigenvalue weighted by Crippen LogP contribution is -2.41. The maximum absolute atomic E-state index is 10.2. The molecule has 0 bridgehead atoms. The highest BCUT2D eigenvalue weighted by molar-refractivity contribution is 6.30. The van der Waals surface area contributed by atoms with Crippen molar-refractivity contribution in [3.8, 4) is 5.75 Å². The third-order valence-electron chi connectivity index (χ3n) is 3.88. The molecule has 1 aromatic carbocycles. The van der Waals surface area contributed by atoms with Gasteiger partial charge in [-0.3, -0.25) is 4.90 Å². The van der Waals surface area contributed by atoms with E-state index in [0.29, 0.717) is 11.6 Å². The van der Waals surface area contributed by atoms with Crippen molar-refractivity contribution in [3.05, 3.63) is 28.3 Å². The van der Waals surface area contributed by atoms with Gasteiger partial charge in [0.2, 0.25) is 0 Å². The van der Waals surface area contributed by atoms with Crippen molar-refractivity contribution in [1.29, 1.82) is 0 Å². The third-order valence-corrected chi connectivity index (χ3v) is 4.10. The number of hydrogen-bond acceptors (Lipinski definition) is 3.